The minimum Gasteiger partial charge on any atom is -0.444 e. The van der Waals surface area contributed by atoms with Crippen molar-refractivity contribution in [3.8, 4) is 0 Å². The Balaban J connectivity index is 2.05. The van der Waals surface area contributed by atoms with E-state index in [0.717, 1.165) is 0 Å². The first-order chi connectivity index (χ1) is 9.60. The van der Waals surface area contributed by atoms with Crippen molar-refractivity contribution in [2.75, 3.05) is 0 Å². The highest BCUT2D eigenvalue weighted by molar-refractivity contribution is 6.01. The second-order valence-electron chi connectivity index (χ2n) is 4.11. The van der Waals surface area contributed by atoms with Gasteiger partial charge in [0.15, 0.2) is 5.84 Å². The Morgan fingerprint density at radius 2 is 2.25 bits per heavy atom. The van der Waals surface area contributed by atoms with Crippen LogP contribution in [0.3, 0.4) is 0 Å². The maximum absolute atomic E-state index is 12.0. The van der Waals surface area contributed by atoms with Crippen LogP contribution in [0, 0.1) is 6.92 Å². The fourth-order valence-corrected chi connectivity index (χ4v) is 1.62. The highest BCUT2D eigenvalue weighted by Gasteiger charge is 2.09. The molecule has 4 N–H and O–H groups in total. The molecular formula is C13H14N4O3. The first-order valence-electron chi connectivity index (χ1n) is 5.87. The SMILES string of the molecule is Cc1cnc(CNC(=O)c2cccc(/C(N)=N/O)c2)o1. The third kappa shape index (κ3) is 3.14. The fraction of sp³-hybridized carbons (Fsp3) is 0.154. The zero-order valence-corrected chi connectivity index (χ0v) is 10.8. The van der Waals surface area contributed by atoms with Gasteiger partial charge in [0, 0.05) is 11.1 Å². The lowest BCUT2D eigenvalue weighted by Crippen LogP contribution is -2.23. The first kappa shape index (κ1) is 13.6. The standard InChI is InChI=1S/C13H14N4O3/c1-8-6-15-11(20-8)7-16-13(18)10-4-2-3-9(5-10)12(14)17-19/h2-6,19H,7H2,1H3,(H2,14,17)(H,16,18). The fourth-order valence-electron chi connectivity index (χ4n) is 1.62. The third-order valence-electron chi connectivity index (χ3n) is 2.60. The molecule has 0 saturated heterocycles. The number of aromatic nitrogens is 1. The van der Waals surface area contributed by atoms with E-state index in [4.69, 9.17) is 15.4 Å². The van der Waals surface area contributed by atoms with E-state index in [1.54, 1.807) is 31.3 Å². The number of amidine groups is 1. The third-order valence-corrected chi connectivity index (χ3v) is 2.60. The molecule has 0 unspecified atom stereocenters. The summed E-state index contributed by atoms with van der Waals surface area (Å²) in [6, 6.07) is 6.45. The molecule has 0 aliphatic carbocycles. The molecular weight excluding hydrogens is 260 g/mol. The quantitative estimate of drug-likeness (QED) is 0.333. The van der Waals surface area contributed by atoms with Crippen molar-refractivity contribution in [1.82, 2.24) is 10.3 Å². The number of benzene rings is 1. The van der Waals surface area contributed by atoms with E-state index >= 15 is 0 Å². The van der Waals surface area contributed by atoms with E-state index in [-0.39, 0.29) is 18.3 Å². The largest absolute Gasteiger partial charge is 0.444 e. The molecule has 1 heterocycles. The van der Waals surface area contributed by atoms with Gasteiger partial charge in [-0.05, 0) is 19.1 Å². The van der Waals surface area contributed by atoms with Gasteiger partial charge < -0.3 is 20.7 Å². The lowest BCUT2D eigenvalue weighted by atomic mass is 10.1. The number of aryl methyl sites for hydroxylation is 1. The maximum Gasteiger partial charge on any atom is 0.251 e. The molecule has 0 aliphatic heterocycles. The van der Waals surface area contributed by atoms with Crippen molar-refractivity contribution in [3.63, 3.8) is 0 Å². The highest BCUT2D eigenvalue weighted by Crippen LogP contribution is 2.06. The van der Waals surface area contributed by atoms with Crippen LogP contribution < -0.4 is 11.1 Å². The molecule has 1 aromatic carbocycles. The molecule has 0 radical (unpaired) electrons. The monoisotopic (exact) mass is 274 g/mol. The van der Waals surface area contributed by atoms with Gasteiger partial charge in [0.25, 0.3) is 5.91 Å². The van der Waals surface area contributed by atoms with Gasteiger partial charge in [0.2, 0.25) is 5.89 Å². The predicted molar refractivity (Wildman–Crippen MR) is 71.4 cm³/mol. The Hall–Kier alpha value is -2.83. The van der Waals surface area contributed by atoms with Gasteiger partial charge in [0.1, 0.15) is 5.76 Å². The summed E-state index contributed by atoms with van der Waals surface area (Å²) >= 11 is 0. The van der Waals surface area contributed by atoms with Crippen LogP contribution in [0.15, 0.2) is 40.0 Å². The molecule has 1 aromatic heterocycles. The Kier molecular flexibility index (Phi) is 3.99. The first-order valence-corrected chi connectivity index (χ1v) is 5.87. The van der Waals surface area contributed by atoms with Gasteiger partial charge in [-0.15, -0.1) is 0 Å². The molecule has 2 aromatic rings. The number of oxazole rings is 1. The van der Waals surface area contributed by atoms with Gasteiger partial charge in [-0.25, -0.2) is 4.98 Å². The summed E-state index contributed by atoms with van der Waals surface area (Å²) in [5.74, 6) is 0.767. The van der Waals surface area contributed by atoms with Gasteiger partial charge in [0.05, 0.1) is 12.7 Å². The van der Waals surface area contributed by atoms with Crippen molar-refractivity contribution in [2.24, 2.45) is 10.9 Å². The number of amides is 1. The molecule has 7 heteroatoms. The van der Waals surface area contributed by atoms with E-state index in [1.165, 1.54) is 6.07 Å². The van der Waals surface area contributed by atoms with Crippen molar-refractivity contribution >= 4 is 11.7 Å². The lowest BCUT2D eigenvalue weighted by Gasteiger charge is -2.05. The predicted octanol–water partition coefficient (Wildman–Crippen LogP) is 1.01. The van der Waals surface area contributed by atoms with Crippen LogP contribution in [-0.4, -0.2) is 21.9 Å². The van der Waals surface area contributed by atoms with Crippen LogP contribution >= 0.6 is 0 Å². The van der Waals surface area contributed by atoms with Crippen LogP contribution in [0.1, 0.15) is 27.6 Å². The number of carbonyl (C=O) groups excluding carboxylic acids is 1. The molecule has 0 saturated carbocycles. The Bertz CT molecular complexity index is 649. The number of rotatable bonds is 4. The molecule has 0 spiro atoms. The zero-order valence-electron chi connectivity index (χ0n) is 10.8. The number of hydrogen-bond donors (Lipinski definition) is 3. The molecule has 104 valence electrons. The second kappa shape index (κ2) is 5.87. The van der Waals surface area contributed by atoms with Crippen LogP contribution in [-0.2, 0) is 6.54 Å². The summed E-state index contributed by atoms with van der Waals surface area (Å²) in [5.41, 5.74) is 6.34. The smallest absolute Gasteiger partial charge is 0.251 e. The molecule has 1 amide bonds. The van der Waals surface area contributed by atoms with Gasteiger partial charge in [-0.1, -0.05) is 17.3 Å². The Labute approximate surface area is 115 Å². The van der Waals surface area contributed by atoms with Gasteiger partial charge >= 0.3 is 0 Å². The van der Waals surface area contributed by atoms with Crippen molar-refractivity contribution in [2.45, 2.75) is 13.5 Å². The van der Waals surface area contributed by atoms with Crippen LogP contribution in [0.25, 0.3) is 0 Å². The summed E-state index contributed by atoms with van der Waals surface area (Å²) < 4.78 is 5.25. The average molecular weight is 274 g/mol. The van der Waals surface area contributed by atoms with Crippen LogP contribution in [0.2, 0.25) is 0 Å². The molecule has 0 bridgehead atoms. The van der Waals surface area contributed by atoms with E-state index < -0.39 is 0 Å². The summed E-state index contributed by atoms with van der Waals surface area (Å²) in [7, 11) is 0. The minimum atomic E-state index is -0.298. The molecule has 0 aliphatic rings. The number of nitrogens with zero attached hydrogens (tertiary/aromatic N) is 2. The maximum atomic E-state index is 12.0. The van der Waals surface area contributed by atoms with E-state index in [9.17, 15) is 4.79 Å². The van der Waals surface area contributed by atoms with Gasteiger partial charge in [-0.3, -0.25) is 4.79 Å². The van der Waals surface area contributed by atoms with E-state index in [1.807, 2.05) is 0 Å². The van der Waals surface area contributed by atoms with Gasteiger partial charge in [-0.2, -0.15) is 0 Å². The van der Waals surface area contributed by atoms with Crippen LogP contribution in [0.4, 0.5) is 0 Å². The topological polar surface area (TPSA) is 114 Å². The Morgan fingerprint density at radius 1 is 1.50 bits per heavy atom. The summed E-state index contributed by atoms with van der Waals surface area (Å²) in [6.45, 7) is 1.97. The van der Waals surface area contributed by atoms with Crippen molar-refractivity contribution in [3.05, 3.63) is 53.2 Å². The second-order valence-corrected chi connectivity index (χ2v) is 4.11. The molecule has 7 nitrogen and oxygen atoms in total. The molecule has 0 fully saturated rings. The van der Waals surface area contributed by atoms with Crippen molar-refractivity contribution < 1.29 is 14.4 Å². The number of nitrogens with one attached hydrogen (secondary N) is 1. The normalized spacial score (nSPS) is 11.3. The summed E-state index contributed by atoms with van der Waals surface area (Å²) in [4.78, 5) is 16.0. The minimum absolute atomic E-state index is 0.0528. The number of carbonyl (C=O) groups is 1. The molecule has 0 atom stereocenters. The van der Waals surface area contributed by atoms with E-state index in [2.05, 4.69) is 15.5 Å². The Morgan fingerprint density at radius 3 is 2.90 bits per heavy atom. The molecule has 2 rings (SSSR count). The molecule has 20 heavy (non-hydrogen) atoms. The lowest BCUT2D eigenvalue weighted by molar-refractivity contribution is 0.0947. The van der Waals surface area contributed by atoms with E-state index in [0.29, 0.717) is 22.8 Å². The number of oxime groups is 1. The van der Waals surface area contributed by atoms with Crippen LogP contribution in [0.5, 0.6) is 0 Å². The summed E-state index contributed by atoms with van der Waals surface area (Å²) in [5, 5.41) is 14.2. The summed E-state index contributed by atoms with van der Waals surface area (Å²) in [6.07, 6.45) is 1.58. The number of hydrogen-bond acceptors (Lipinski definition) is 5. The van der Waals surface area contributed by atoms with Crippen molar-refractivity contribution in [1.29, 1.82) is 0 Å². The number of nitrogens with two attached hydrogens (primary N) is 1. The zero-order chi connectivity index (χ0) is 14.5. The highest BCUT2D eigenvalue weighted by atomic mass is 16.4. The average Bonchev–Trinajstić information content (AvgIpc) is 2.89.